The third-order valence-corrected chi connectivity index (χ3v) is 3.23. The summed E-state index contributed by atoms with van der Waals surface area (Å²) in [6.45, 7) is 0. The van der Waals surface area contributed by atoms with Gasteiger partial charge in [-0.3, -0.25) is 4.79 Å². The Morgan fingerprint density at radius 2 is 2.00 bits per heavy atom. The third kappa shape index (κ3) is 2.24. The molecule has 2 rings (SSSR count). The first kappa shape index (κ1) is 12.3. The van der Waals surface area contributed by atoms with Crippen LogP contribution in [0.3, 0.4) is 0 Å². The van der Waals surface area contributed by atoms with E-state index in [-0.39, 0.29) is 11.7 Å². The Labute approximate surface area is 104 Å². The number of amidine groups is 1. The van der Waals surface area contributed by atoms with Crippen LogP contribution < -0.4 is 11.1 Å². The summed E-state index contributed by atoms with van der Waals surface area (Å²) in [5.41, 5.74) is 5.30. The molecule has 7 nitrogen and oxygen atoms in total. The van der Waals surface area contributed by atoms with Crippen molar-refractivity contribution < 1.29 is 10.0 Å². The van der Waals surface area contributed by atoms with Gasteiger partial charge in [0, 0.05) is 12.4 Å². The van der Waals surface area contributed by atoms with Crippen molar-refractivity contribution in [3.63, 3.8) is 0 Å². The van der Waals surface area contributed by atoms with E-state index in [0.29, 0.717) is 18.4 Å². The van der Waals surface area contributed by atoms with E-state index in [1.807, 2.05) is 0 Å². The molecule has 1 amide bonds. The monoisotopic (exact) mass is 249 g/mol. The zero-order valence-electron chi connectivity index (χ0n) is 9.83. The van der Waals surface area contributed by atoms with Crippen LogP contribution in [0, 0.1) is 0 Å². The second-order valence-corrected chi connectivity index (χ2v) is 4.36. The lowest BCUT2D eigenvalue weighted by atomic mass is 9.95. The van der Waals surface area contributed by atoms with Crippen molar-refractivity contribution in [3.8, 4) is 0 Å². The molecular formula is C11H15N5O2. The maximum atomic E-state index is 12.0. The van der Waals surface area contributed by atoms with Gasteiger partial charge < -0.3 is 16.3 Å². The van der Waals surface area contributed by atoms with Crippen molar-refractivity contribution in [2.24, 2.45) is 10.9 Å². The van der Waals surface area contributed by atoms with Gasteiger partial charge in [-0.1, -0.05) is 18.0 Å². The normalized spacial score (nSPS) is 18.6. The van der Waals surface area contributed by atoms with Gasteiger partial charge in [-0.25, -0.2) is 9.97 Å². The zero-order valence-corrected chi connectivity index (χ0v) is 9.83. The summed E-state index contributed by atoms with van der Waals surface area (Å²) in [4.78, 5) is 19.6. The highest BCUT2D eigenvalue weighted by Gasteiger charge is 2.39. The molecule has 96 valence electrons. The molecule has 0 saturated heterocycles. The second-order valence-electron chi connectivity index (χ2n) is 4.36. The Kier molecular flexibility index (Phi) is 3.40. The number of oxime groups is 1. The third-order valence-electron chi connectivity index (χ3n) is 3.23. The highest BCUT2D eigenvalue weighted by Crippen LogP contribution is 2.30. The van der Waals surface area contributed by atoms with E-state index in [9.17, 15) is 4.79 Å². The molecular weight excluding hydrogens is 234 g/mol. The lowest BCUT2D eigenvalue weighted by molar-refractivity contribution is 0.0922. The van der Waals surface area contributed by atoms with Crippen LogP contribution in [0.1, 0.15) is 36.0 Å². The SMILES string of the molecule is NC(=NO)C1(NC(=O)c2cncnc2)CCCC1. The predicted molar refractivity (Wildman–Crippen MR) is 64.1 cm³/mol. The van der Waals surface area contributed by atoms with Gasteiger partial charge in [-0.2, -0.15) is 0 Å². The fourth-order valence-corrected chi connectivity index (χ4v) is 2.23. The fourth-order valence-electron chi connectivity index (χ4n) is 2.23. The van der Waals surface area contributed by atoms with Gasteiger partial charge in [-0.05, 0) is 12.8 Å². The Morgan fingerprint density at radius 1 is 1.39 bits per heavy atom. The van der Waals surface area contributed by atoms with E-state index in [4.69, 9.17) is 10.9 Å². The molecule has 0 bridgehead atoms. The summed E-state index contributed by atoms with van der Waals surface area (Å²) in [6, 6.07) is 0. The van der Waals surface area contributed by atoms with Gasteiger partial charge in [0.15, 0.2) is 5.84 Å². The number of rotatable bonds is 3. The maximum absolute atomic E-state index is 12.0. The Morgan fingerprint density at radius 3 is 2.56 bits per heavy atom. The van der Waals surface area contributed by atoms with E-state index >= 15 is 0 Å². The van der Waals surface area contributed by atoms with Gasteiger partial charge in [0.2, 0.25) is 0 Å². The number of nitrogens with two attached hydrogens (primary N) is 1. The molecule has 18 heavy (non-hydrogen) atoms. The molecule has 0 radical (unpaired) electrons. The van der Waals surface area contributed by atoms with Crippen LogP contribution in [0.15, 0.2) is 23.9 Å². The van der Waals surface area contributed by atoms with Crippen LogP contribution in [0.4, 0.5) is 0 Å². The molecule has 0 spiro atoms. The lowest BCUT2D eigenvalue weighted by Crippen LogP contribution is -2.55. The average Bonchev–Trinajstić information content (AvgIpc) is 2.88. The number of aromatic nitrogens is 2. The second kappa shape index (κ2) is 4.99. The first-order valence-electron chi connectivity index (χ1n) is 5.73. The Hall–Kier alpha value is -2.18. The number of amides is 1. The first-order chi connectivity index (χ1) is 8.68. The average molecular weight is 249 g/mol. The van der Waals surface area contributed by atoms with Crippen LogP contribution in [-0.2, 0) is 0 Å². The van der Waals surface area contributed by atoms with Crippen LogP contribution >= 0.6 is 0 Å². The largest absolute Gasteiger partial charge is 0.409 e. The van der Waals surface area contributed by atoms with Gasteiger partial charge >= 0.3 is 0 Å². The summed E-state index contributed by atoms with van der Waals surface area (Å²) in [6.07, 6.45) is 7.41. The lowest BCUT2D eigenvalue weighted by Gasteiger charge is -2.28. The van der Waals surface area contributed by atoms with Crippen molar-refractivity contribution in [2.75, 3.05) is 0 Å². The van der Waals surface area contributed by atoms with Crippen molar-refractivity contribution in [3.05, 3.63) is 24.3 Å². The minimum absolute atomic E-state index is 0.0465. The molecule has 1 heterocycles. The van der Waals surface area contributed by atoms with Crippen molar-refractivity contribution in [1.82, 2.24) is 15.3 Å². The summed E-state index contributed by atoms with van der Waals surface area (Å²) in [5, 5.41) is 14.7. The van der Waals surface area contributed by atoms with Crippen LogP contribution in [0.25, 0.3) is 0 Å². The van der Waals surface area contributed by atoms with Gasteiger partial charge in [0.25, 0.3) is 5.91 Å². The number of nitrogens with one attached hydrogen (secondary N) is 1. The Balaban J connectivity index is 2.18. The molecule has 0 unspecified atom stereocenters. The molecule has 1 saturated carbocycles. The highest BCUT2D eigenvalue weighted by atomic mass is 16.4. The molecule has 0 aromatic carbocycles. The number of carbonyl (C=O) groups is 1. The van der Waals surface area contributed by atoms with E-state index in [0.717, 1.165) is 12.8 Å². The summed E-state index contributed by atoms with van der Waals surface area (Å²) < 4.78 is 0. The molecule has 1 aromatic heterocycles. The topological polar surface area (TPSA) is 113 Å². The molecule has 1 aliphatic rings. The van der Waals surface area contributed by atoms with Crippen LogP contribution in [-0.4, -0.2) is 32.5 Å². The minimum Gasteiger partial charge on any atom is -0.409 e. The van der Waals surface area contributed by atoms with Gasteiger partial charge in [-0.15, -0.1) is 0 Å². The van der Waals surface area contributed by atoms with E-state index in [1.165, 1.54) is 18.7 Å². The van der Waals surface area contributed by atoms with E-state index < -0.39 is 5.54 Å². The molecule has 0 aliphatic heterocycles. The number of hydrogen-bond acceptors (Lipinski definition) is 5. The molecule has 0 atom stereocenters. The Bertz CT molecular complexity index is 454. The van der Waals surface area contributed by atoms with Crippen LogP contribution in [0.5, 0.6) is 0 Å². The van der Waals surface area contributed by atoms with E-state index in [2.05, 4.69) is 20.4 Å². The van der Waals surface area contributed by atoms with Crippen molar-refractivity contribution in [1.29, 1.82) is 0 Å². The minimum atomic E-state index is -0.748. The van der Waals surface area contributed by atoms with Crippen molar-refractivity contribution in [2.45, 2.75) is 31.2 Å². The van der Waals surface area contributed by atoms with Crippen molar-refractivity contribution >= 4 is 11.7 Å². The number of carbonyl (C=O) groups excluding carboxylic acids is 1. The molecule has 7 heteroatoms. The summed E-state index contributed by atoms with van der Waals surface area (Å²) in [5.74, 6) is -0.269. The van der Waals surface area contributed by atoms with Crippen LogP contribution in [0.2, 0.25) is 0 Å². The predicted octanol–water partition coefficient (Wildman–Crippen LogP) is 0.266. The first-order valence-corrected chi connectivity index (χ1v) is 5.73. The standard InChI is InChI=1S/C11H15N5O2/c12-10(16-18)11(3-1-2-4-11)15-9(17)8-5-13-7-14-6-8/h5-7,18H,1-4H2,(H2,12,16)(H,15,17). The maximum Gasteiger partial charge on any atom is 0.255 e. The highest BCUT2D eigenvalue weighted by molar-refractivity contribution is 6.00. The van der Waals surface area contributed by atoms with Gasteiger partial charge in [0.1, 0.15) is 11.9 Å². The summed E-state index contributed by atoms with van der Waals surface area (Å²) in [7, 11) is 0. The molecule has 1 fully saturated rings. The molecule has 1 aliphatic carbocycles. The smallest absolute Gasteiger partial charge is 0.255 e. The molecule has 1 aromatic rings. The summed E-state index contributed by atoms with van der Waals surface area (Å²) >= 11 is 0. The quantitative estimate of drug-likeness (QED) is 0.308. The fraction of sp³-hybridized carbons (Fsp3) is 0.455. The number of nitrogens with zero attached hydrogens (tertiary/aromatic N) is 3. The number of hydrogen-bond donors (Lipinski definition) is 3. The zero-order chi connectivity index (χ0) is 13.0. The van der Waals surface area contributed by atoms with Gasteiger partial charge in [0.05, 0.1) is 5.56 Å². The molecule has 4 N–H and O–H groups in total. The van der Waals surface area contributed by atoms with E-state index in [1.54, 1.807) is 0 Å².